The molecule has 0 saturated carbocycles. The van der Waals surface area contributed by atoms with Crippen molar-refractivity contribution in [2.24, 2.45) is 0 Å². The summed E-state index contributed by atoms with van der Waals surface area (Å²) in [5, 5.41) is 7.83. The van der Waals surface area contributed by atoms with E-state index in [2.05, 4.69) is 41.4 Å². The van der Waals surface area contributed by atoms with Gasteiger partial charge in [-0.15, -0.1) is 11.3 Å². The summed E-state index contributed by atoms with van der Waals surface area (Å²) in [6, 6.07) is 14.3. The van der Waals surface area contributed by atoms with Gasteiger partial charge in [-0.2, -0.15) is 5.10 Å². The maximum Gasteiger partial charge on any atom is 0.261 e. The van der Waals surface area contributed by atoms with E-state index in [1.54, 1.807) is 0 Å². The van der Waals surface area contributed by atoms with Crippen molar-refractivity contribution in [2.45, 2.75) is 6.92 Å². The van der Waals surface area contributed by atoms with E-state index in [0.29, 0.717) is 24.6 Å². The van der Waals surface area contributed by atoms with Crippen LogP contribution in [0.3, 0.4) is 0 Å². The summed E-state index contributed by atoms with van der Waals surface area (Å²) in [5.74, 6) is 0.667. The van der Waals surface area contributed by atoms with E-state index in [4.69, 9.17) is 14.8 Å². The molecule has 35 heavy (non-hydrogen) atoms. The highest BCUT2D eigenvalue weighted by Crippen LogP contribution is 2.35. The Bertz CT molecular complexity index is 1340. The molecular weight excluding hydrogens is 460 g/mol. The molecule has 1 aromatic carbocycles. The van der Waals surface area contributed by atoms with Gasteiger partial charge in [0.1, 0.15) is 0 Å². The maximum absolute atomic E-state index is 12.8. The van der Waals surface area contributed by atoms with Crippen molar-refractivity contribution >= 4 is 33.1 Å². The highest BCUT2D eigenvalue weighted by Gasteiger charge is 2.21. The summed E-state index contributed by atoms with van der Waals surface area (Å²) in [6.07, 6.45) is 1.94. The number of morpholine rings is 1. The van der Waals surface area contributed by atoms with E-state index in [-0.39, 0.29) is 5.91 Å². The lowest BCUT2D eigenvalue weighted by Gasteiger charge is -2.29. The summed E-state index contributed by atoms with van der Waals surface area (Å²) in [5.41, 5.74) is 5.04. The molecule has 0 aliphatic carbocycles. The number of pyridine rings is 1. The molecule has 1 aliphatic heterocycles. The van der Waals surface area contributed by atoms with Gasteiger partial charge < -0.3 is 19.9 Å². The SMILES string of the molecule is Cc1cccc(-c2ccn(-c3cc(N4CCOCC4)c4sc(C(=O)NCCN(C)C)cc4n3)n2)c1. The van der Waals surface area contributed by atoms with Gasteiger partial charge in [-0.3, -0.25) is 4.79 Å². The minimum atomic E-state index is -0.0647. The third kappa shape index (κ3) is 5.22. The van der Waals surface area contributed by atoms with Crippen LogP contribution in [0.5, 0.6) is 0 Å². The molecule has 4 aromatic rings. The maximum atomic E-state index is 12.8. The van der Waals surface area contributed by atoms with Crippen LogP contribution in [0.15, 0.2) is 48.7 Å². The van der Waals surface area contributed by atoms with E-state index in [1.807, 2.05) is 48.1 Å². The Morgan fingerprint density at radius 3 is 2.77 bits per heavy atom. The van der Waals surface area contributed by atoms with E-state index in [0.717, 1.165) is 52.6 Å². The first-order valence-corrected chi connectivity index (χ1v) is 12.6. The van der Waals surface area contributed by atoms with Crippen LogP contribution >= 0.6 is 11.3 Å². The van der Waals surface area contributed by atoms with E-state index >= 15 is 0 Å². The lowest BCUT2D eigenvalue weighted by Crippen LogP contribution is -2.36. The van der Waals surface area contributed by atoms with E-state index < -0.39 is 0 Å². The number of benzene rings is 1. The Morgan fingerprint density at radius 1 is 1.17 bits per heavy atom. The van der Waals surface area contributed by atoms with Crippen LogP contribution < -0.4 is 10.2 Å². The Labute approximate surface area is 209 Å². The largest absolute Gasteiger partial charge is 0.378 e. The van der Waals surface area contributed by atoms with Crippen LogP contribution in [0.2, 0.25) is 0 Å². The van der Waals surface area contributed by atoms with Gasteiger partial charge in [0.05, 0.1) is 39.7 Å². The zero-order chi connectivity index (χ0) is 24.4. The van der Waals surface area contributed by atoms with E-state index in [9.17, 15) is 4.79 Å². The Kier molecular flexibility index (Phi) is 6.81. The van der Waals surface area contributed by atoms with Gasteiger partial charge in [-0.05, 0) is 39.2 Å². The average molecular weight is 491 g/mol. The van der Waals surface area contributed by atoms with E-state index in [1.165, 1.54) is 16.9 Å². The number of thiophene rings is 1. The van der Waals surface area contributed by atoms with Gasteiger partial charge in [-0.25, -0.2) is 9.67 Å². The van der Waals surface area contributed by atoms with Crippen LogP contribution in [0.4, 0.5) is 5.69 Å². The molecule has 9 heteroatoms. The Morgan fingerprint density at radius 2 is 2.00 bits per heavy atom. The van der Waals surface area contributed by atoms with Crippen molar-refractivity contribution in [1.82, 2.24) is 25.0 Å². The highest BCUT2D eigenvalue weighted by atomic mass is 32.1. The highest BCUT2D eigenvalue weighted by molar-refractivity contribution is 7.21. The lowest BCUT2D eigenvalue weighted by molar-refractivity contribution is 0.0955. The van der Waals surface area contributed by atoms with Crippen molar-refractivity contribution in [3.63, 3.8) is 0 Å². The number of hydrogen-bond acceptors (Lipinski definition) is 7. The molecule has 182 valence electrons. The fraction of sp³-hybridized carbons (Fsp3) is 0.346. The number of hydrogen-bond donors (Lipinski definition) is 1. The first-order valence-electron chi connectivity index (χ1n) is 11.8. The molecular formula is C26H30N6O2S. The normalized spacial score (nSPS) is 14.1. The lowest BCUT2D eigenvalue weighted by atomic mass is 10.1. The molecule has 8 nitrogen and oxygen atoms in total. The first-order chi connectivity index (χ1) is 17.0. The smallest absolute Gasteiger partial charge is 0.261 e. The van der Waals surface area contributed by atoms with Crippen LogP contribution in [-0.2, 0) is 4.74 Å². The molecule has 1 aliphatic rings. The summed E-state index contributed by atoms with van der Waals surface area (Å²) >= 11 is 1.49. The number of fused-ring (bicyclic) bond motifs is 1. The number of carbonyl (C=O) groups is 1. The van der Waals surface area contributed by atoms with Gasteiger partial charge in [-0.1, -0.05) is 23.8 Å². The second-order valence-electron chi connectivity index (χ2n) is 9.00. The number of rotatable bonds is 7. The van der Waals surface area contributed by atoms with Gasteiger partial charge in [0.15, 0.2) is 5.82 Å². The minimum absolute atomic E-state index is 0.0647. The molecule has 1 fully saturated rings. The number of aryl methyl sites for hydroxylation is 1. The van der Waals surface area contributed by atoms with Crippen LogP contribution in [0, 0.1) is 6.92 Å². The number of ether oxygens (including phenoxy) is 1. The second-order valence-corrected chi connectivity index (χ2v) is 10.1. The summed E-state index contributed by atoms with van der Waals surface area (Å²) in [7, 11) is 3.98. The van der Waals surface area contributed by atoms with Crippen molar-refractivity contribution in [2.75, 3.05) is 58.4 Å². The van der Waals surface area contributed by atoms with Gasteiger partial charge in [0.2, 0.25) is 0 Å². The molecule has 1 N–H and O–H groups in total. The molecule has 0 bridgehead atoms. The predicted molar refractivity (Wildman–Crippen MR) is 141 cm³/mol. The van der Waals surface area contributed by atoms with Crippen LogP contribution in [0.25, 0.3) is 27.3 Å². The van der Waals surface area contributed by atoms with Gasteiger partial charge >= 0.3 is 0 Å². The van der Waals surface area contributed by atoms with Crippen LogP contribution in [-0.4, -0.2) is 79.1 Å². The number of carbonyl (C=O) groups excluding carboxylic acids is 1. The number of nitrogens with one attached hydrogen (secondary N) is 1. The summed E-state index contributed by atoms with van der Waals surface area (Å²) in [6.45, 7) is 6.44. The minimum Gasteiger partial charge on any atom is -0.378 e. The number of nitrogens with zero attached hydrogens (tertiary/aromatic N) is 5. The molecule has 3 aromatic heterocycles. The topological polar surface area (TPSA) is 75.5 Å². The fourth-order valence-corrected chi connectivity index (χ4v) is 5.21. The van der Waals surface area contributed by atoms with Crippen molar-refractivity contribution in [1.29, 1.82) is 0 Å². The third-order valence-corrected chi connectivity index (χ3v) is 7.15. The van der Waals surface area contributed by atoms with Gasteiger partial charge in [0, 0.05) is 44.0 Å². The zero-order valence-corrected chi connectivity index (χ0v) is 21.1. The summed E-state index contributed by atoms with van der Waals surface area (Å²) in [4.78, 5) is 22.8. The second kappa shape index (κ2) is 10.2. The molecule has 5 rings (SSSR count). The predicted octanol–water partition coefficient (Wildman–Crippen LogP) is 3.59. The standard InChI is InChI=1S/C26H30N6O2S/c1-18-5-4-6-19(15-18)20-7-9-32(29-20)24-17-22(31-11-13-34-14-12-31)25-21(28-24)16-23(35-25)26(33)27-8-10-30(2)3/h4-7,9,15-17H,8,10-14H2,1-3H3,(H,27,33). The molecule has 4 heterocycles. The molecule has 0 spiro atoms. The number of anilines is 1. The van der Waals surface area contributed by atoms with Crippen LogP contribution in [0.1, 0.15) is 15.2 Å². The molecule has 0 radical (unpaired) electrons. The zero-order valence-electron chi connectivity index (χ0n) is 20.3. The molecule has 0 unspecified atom stereocenters. The Hall–Kier alpha value is -3.27. The monoisotopic (exact) mass is 490 g/mol. The summed E-state index contributed by atoms with van der Waals surface area (Å²) < 4.78 is 8.41. The van der Waals surface area contributed by atoms with Crippen molar-refractivity contribution in [3.8, 4) is 17.1 Å². The number of aromatic nitrogens is 3. The molecule has 1 saturated heterocycles. The average Bonchev–Trinajstić information content (AvgIpc) is 3.51. The quantitative estimate of drug-likeness (QED) is 0.427. The number of likely N-dealkylation sites (N-methyl/N-ethyl adjacent to an activating group) is 1. The van der Waals surface area contributed by atoms with Crippen molar-refractivity contribution < 1.29 is 9.53 Å². The first kappa shape index (κ1) is 23.5. The van der Waals surface area contributed by atoms with Gasteiger partial charge in [0.25, 0.3) is 5.91 Å². The van der Waals surface area contributed by atoms with Crippen molar-refractivity contribution in [3.05, 3.63) is 59.1 Å². The number of amides is 1. The Balaban J connectivity index is 1.51. The fourth-order valence-electron chi connectivity index (χ4n) is 4.15. The molecule has 0 atom stereocenters. The molecule has 1 amide bonds. The third-order valence-electron chi connectivity index (χ3n) is 6.00.